The summed E-state index contributed by atoms with van der Waals surface area (Å²) in [6.45, 7) is 0.0237. The van der Waals surface area contributed by atoms with Crippen molar-refractivity contribution >= 4 is 17.7 Å². The molecule has 0 aliphatic rings. The zero-order valence-corrected chi connectivity index (χ0v) is 11.2. The van der Waals surface area contributed by atoms with Gasteiger partial charge in [0.15, 0.2) is 0 Å². The summed E-state index contributed by atoms with van der Waals surface area (Å²) in [4.78, 5) is 12.1. The predicted octanol–water partition coefficient (Wildman–Crippen LogP) is 1.90. The van der Waals surface area contributed by atoms with Crippen molar-refractivity contribution in [3.63, 3.8) is 0 Å². The highest BCUT2D eigenvalue weighted by molar-refractivity contribution is 7.98. The van der Waals surface area contributed by atoms with E-state index in [1.807, 2.05) is 24.3 Å². The van der Waals surface area contributed by atoms with Crippen LogP contribution in [0, 0.1) is 0 Å². The monoisotopic (exact) mass is 278 g/mol. The van der Waals surface area contributed by atoms with Crippen LogP contribution in [0.5, 0.6) is 0 Å². The molecule has 0 saturated carbocycles. The first kappa shape index (κ1) is 13.6. The molecule has 0 unspecified atom stereocenters. The molecule has 0 amide bonds. The van der Waals surface area contributed by atoms with Crippen LogP contribution in [-0.2, 0) is 19.4 Å². The van der Waals surface area contributed by atoms with Crippen LogP contribution in [0.25, 0.3) is 0 Å². The van der Waals surface area contributed by atoms with Crippen LogP contribution in [0.2, 0.25) is 0 Å². The molecule has 1 aromatic carbocycles. The summed E-state index contributed by atoms with van der Waals surface area (Å²) in [5.74, 6) is -0.421. The third-order valence-corrected chi connectivity index (χ3v) is 3.80. The van der Waals surface area contributed by atoms with Crippen molar-refractivity contribution < 1.29 is 15.0 Å². The Kier molecular flexibility index (Phi) is 4.24. The third kappa shape index (κ3) is 3.15. The Hall–Kier alpha value is -1.79. The van der Waals surface area contributed by atoms with Crippen LogP contribution >= 0.6 is 11.8 Å². The summed E-state index contributed by atoms with van der Waals surface area (Å²) in [5.41, 5.74) is 1.78. The molecule has 2 aromatic rings. The molecule has 2 N–H and O–H groups in total. The zero-order chi connectivity index (χ0) is 13.8. The fraction of sp³-hybridized carbons (Fsp3) is 0.231. The van der Waals surface area contributed by atoms with Crippen LogP contribution in [0.3, 0.4) is 0 Å². The van der Waals surface area contributed by atoms with Crippen molar-refractivity contribution in [2.75, 3.05) is 0 Å². The lowest BCUT2D eigenvalue weighted by Gasteiger charge is -2.05. The van der Waals surface area contributed by atoms with Gasteiger partial charge in [0.1, 0.15) is 5.56 Å². The second-order valence-electron chi connectivity index (χ2n) is 4.02. The average Bonchev–Trinajstić information content (AvgIpc) is 2.78. The van der Waals surface area contributed by atoms with Gasteiger partial charge in [-0.05, 0) is 17.7 Å². The van der Waals surface area contributed by atoms with E-state index in [-0.39, 0.29) is 12.2 Å². The largest absolute Gasteiger partial charge is 0.478 e. The maximum absolute atomic E-state index is 11.0. The first-order valence-corrected chi connectivity index (χ1v) is 6.67. The standard InChI is InChI=1S/C13H14N2O3S/c1-15-12(11(6-14-15)13(17)18)8-19-10-4-2-9(7-16)3-5-10/h2-6,16H,7-8H2,1H3,(H,17,18). The van der Waals surface area contributed by atoms with Crippen LogP contribution in [0.4, 0.5) is 0 Å². The molecule has 0 fully saturated rings. The maximum atomic E-state index is 11.0. The number of carboxylic acid groups (broad SMARTS) is 1. The summed E-state index contributed by atoms with van der Waals surface area (Å²) in [7, 11) is 1.73. The SMILES string of the molecule is Cn1ncc(C(=O)O)c1CSc1ccc(CO)cc1. The van der Waals surface area contributed by atoms with Crippen LogP contribution in [0.15, 0.2) is 35.4 Å². The molecule has 1 heterocycles. The summed E-state index contributed by atoms with van der Waals surface area (Å²) >= 11 is 1.54. The number of hydrogen-bond donors (Lipinski definition) is 2. The van der Waals surface area contributed by atoms with Gasteiger partial charge >= 0.3 is 5.97 Å². The summed E-state index contributed by atoms with van der Waals surface area (Å²) in [6.07, 6.45) is 1.37. The molecule has 0 spiro atoms. The van der Waals surface area contributed by atoms with E-state index in [9.17, 15) is 4.79 Å². The quantitative estimate of drug-likeness (QED) is 0.817. The van der Waals surface area contributed by atoms with Crippen molar-refractivity contribution in [3.05, 3.63) is 47.3 Å². The number of aliphatic hydroxyl groups is 1. The van der Waals surface area contributed by atoms with E-state index in [0.29, 0.717) is 11.4 Å². The molecule has 2 rings (SSSR count). The molecule has 0 aliphatic carbocycles. The van der Waals surface area contributed by atoms with Gasteiger partial charge in [0.2, 0.25) is 0 Å². The van der Waals surface area contributed by atoms with E-state index < -0.39 is 5.97 Å². The van der Waals surface area contributed by atoms with Crippen molar-refractivity contribution in [3.8, 4) is 0 Å². The number of aromatic carboxylic acids is 1. The molecular weight excluding hydrogens is 264 g/mol. The Morgan fingerprint density at radius 3 is 2.63 bits per heavy atom. The lowest BCUT2D eigenvalue weighted by atomic mass is 10.2. The van der Waals surface area contributed by atoms with E-state index in [1.54, 1.807) is 11.7 Å². The molecule has 0 saturated heterocycles. The second-order valence-corrected chi connectivity index (χ2v) is 5.07. The summed E-state index contributed by atoms with van der Waals surface area (Å²) < 4.78 is 1.58. The number of aliphatic hydroxyl groups excluding tert-OH is 1. The summed E-state index contributed by atoms with van der Waals surface area (Å²) in [6, 6.07) is 7.52. The molecule has 0 radical (unpaired) electrons. The molecule has 1 aromatic heterocycles. The van der Waals surface area contributed by atoms with Gasteiger partial charge in [0, 0.05) is 17.7 Å². The molecule has 6 heteroatoms. The number of hydrogen-bond acceptors (Lipinski definition) is 4. The fourth-order valence-corrected chi connectivity index (χ4v) is 2.63. The molecule has 0 aliphatic heterocycles. The lowest BCUT2D eigenvalue weighted by molar-refractivity contribution is 0.0696. The van der Waals surface area contributed by atoms with E-state index in [1.165, 1.54) is 18.0 Å². The van der Waals surface area contributed by atoms with Gasteiger partial charge in [-0.25, -0.2) is 4.79 Å². The minimum absolute atomic E-state index is 0.0237. The highest BCUT2D eigenvalue weighted by Crippen LogP contribution is 2.24. The zero-order valence-electron chi connectivity index (χ0n) is 10.4. The number of carbonyl (C=O) groups is 1. The Labute approximate surface area is 114 Å². The van der Waals surface area contributed by atoms with Gasteiger partial charge in [-0.1, -0.05) is 12.1 Å². The molecular formula is C13H14N2O3S. The van der Waals surface area contributed by atoms with E-state index in [4.69, 9.17) is 10.2 Å². The van der Waals surface area contributed by atoms with Gasteiger partial charge in [-0.2, -0.15) is 5.10 Å². The molecule has 0 atom stereocenters. The Balaban J connectivity index is 2.09. The van der Waals surface area contributed by atoms with Crippen molar-refractivity contribution in [1.29, 1.82) is 0 Å². The number of benzene rings is 1. The van der Waals surface area contributed by atoms with E-state index in [2.05, 4.69) is 5.10 Å². The van der Waals surface area contributed by atoms with E-state index in [0.717, 1.165) is 10.5 Å². The van der Waals surface area contributed by atoms with Crippen molar-refractivity contribution in [2.24, 2.45) is 7.05 Å². The maximum Gasteiger partial charge on any atom is 0.339 e. The Morgan fingerprint density at radius 2 is 2.05 bits per heavy atom. The number of thioether (sulfide) groups is 1. The first-order chi connectivity index (χ1) is 9.11. The van der Waals surface area contributed by atoms with Crippen LogP contribution in [0.1, 0.15) is 21.6 Å². The molecule has 0 bridgehead atoms. The topological polar surface area (TPSA) is 75.4 Å². The molecule has 19 heavy (non-hydrogen) atoms. The minimum atomic E-state index is -0.959. The lowest BCUT2D eigenvalue weighted by Crippen LogP contribution is -2.03. The van der Waals surface area contributed by atoms with Crippen molar-refractivity contribution in [1.82, 2.24) is 9.78 Å². The Morgan fingerprint density at radius 1 is 1.37 bits per heavy atom. The van der Waals surface area contributed by atoms with Gasteiger partial charge in [-0.3, -0.25) is 4.68 Å². The highest BCUT2D eigenvalue weighted by atomic mass is 32.2. The average molecular weight is 278 g/mol. The smallest absolute Gasteiger partial charge is 0.339 e. The van der Waals surface area contributed by atoms with Crippen LogP contribution in [-0.4, -0.2) is 26.0 Å². The number of aromatic nitrogens is 2. The fourth-order valence-electron chi connectivity index (χ4n) is 1.66. The number of rotatable bonds is 5. The molecule has 100 valence electrons. The number of carboxylic acids is 1. The third-order valence-electron chi connectivity index (χ3n) is 2.77. The highest BCUT2D eigenvalue weighted by Gasteiger charge is 2.14. The molecule has 5 nitrogen and oxygen atoms in total. The van der Waals surface area contributed by atoms with Crippen LogP contribution < -0.4 is 0 Å². The normalized spacial score (nSPS) is 10.6. The summed E-state index contributed by atoms with van der Waals surface area (Å²) in [5, 5.41) is 22.0. The minimum Gasteiger partial charge on any atom is -0.478 e. The van der Waals surface area contributed by atoms with Crippen molar-refractivity contribution in [2.45, 2.75) is 17.3 Å². The Bertz CT molecular complexity index is 578. The van der Waals surface area contributed by atoms with Gasteiger partial charge in [-0.15, -0.1) is 11.8 Å². The van der Waals surface area contributed by atoms with Gasteiger partial charge in [0.05, 0.1) is 18.5 Å². The number of nitrogens with zero attached hydrogens (tertiary/aromatic N) is 2. The van der Waals surface area contributed by atoms with Gasteiger partial charge in [0.25, 0.3) is 0 Å². The van der Waals surface area contributed by atoms with Gasteiger partial charge < -0.3 is 10.2 Å². The van der Waals surface area contributed by atoms with E-state index >= 15 is 0 Å². The number of aryl methyl sites for hydroxylation is 1. The second kappa shape index (κ2) is 5.90. The predicted molar refractivity (Wildman–Crippen MR) is 72.1 cm³/mol. The first-order valence-electron chi connectivity index (χ1n) is 5.68.